The second kappa shape index (κ2) is 7.56. The van der Waals surface area contributed by atoms with E-state index in [0.29, 0.717) is 0 Å². The Kier molecular flexibility index (Phi) is 6.32. The molecular weight excluding hydrogens is 304 g/mol. The largest absolute Gasteiger partial charge is 0.481 e. The summed E-state index contributed by atoms with van der Waals surface area (Å²) < 4.78 is 25.4. The first-order valence-corrected chi connectivity index (χ1v) is 8.56. The molecule has 0 radical (unpaired) electrons. The minimum Gasteiger partial charge on any atom is -0.481 e. The summed E-state index contributed by atoms with van der Waals surface area (Å²) in [5.41, 5.74) is 0.930. The summed E-state index contributed by atoms with van der Waals surface area (Å²) >= 11 is 0. The van der Waals surface area contributed by atoms with E-state index < -0.39 is 21.9 Å². The fourth-order valence-corrected chi connectivity index (χ4v) is 3.60. The standard InChI is InChI=1S/C16H22O5S/c1-11(2)16(19)14(5-4-6-15(17)18)22(20,21)13-9-7-12(3)8-10-13/h5,7-11,16,19H,4,6H2,1-3H3,(H,17,18)/b14-5+. The van der Waals surface area contributed by atoms with Gasteiger partial charge < -0.3 is 10.2 Å². The van der Waals surface area contributed by atoms with E-state index in [2.05, 4.69) is 0 Å². The zero-order valence-electron chi connectivity index (χ0n) is 13.0. The van der Waals surface area contributed by atoms with Gasteiger partial charge in [-0.05, 0) is 31.4 Å². The summed E-state index contributed by atoms with van der Waals surface area (Å²) in [7, 11) is -3.84. The zero-order chi connectivity index (χ0) is 16.9. The molecule has 0 aliphatic rings. The van der Waals surface area contributed by atoms with Crippen LogP contribution in [0.3, 0.4) is 0 Å². The van der Waals surface area contributed by atoms with Crippen LogP contribution >= 0.6 is 0 Å². The summed E-state index contributed by atoms with van der Waals surface area (Å²) in [5.74, 6) is -1.31. The molecule has 0 amide bonds. The first-order valence-electron chi connectivity index (χ1n) is 7.08. The van der Waals surface area contributed by atoms with Gasteiger partial charge in [-0.1, -0.05) is 37.6 Å². The molecule has 0 aromatic heterocycles. The van der Waals surface area contributed by atoms with Gasteiger partial charge >= 0.3 is 5.97 Å². The maximum atomic E-state index is 12.7. The van der Waals surface area contributed by atoms with E-state index in [9.17, 15) is 18.3 Å². The third-order valence-electron chi connectivity index (χ3n) is 3.27. The molecule has 0 bridgehead atoms. The van der Waals surface area contributed by atoms with Crippen LogP contribution in [-0.2, 0) is 14.6 Å². The molecule has 1 unspecified atom stereocenters. The minimum atomic E-state index is -3.84. The molecular formula is C16H22O5S. The van der Waals surface area contributed by atoms with Crippen molar-refractivity contribution in [2.24, 2.45) is 5.92 Å². The summed E-state index contributed by atoms with van der Waals surface area (Å²) in [4.78, 5) is 10.6. The third kappa shape index (κ3) is 4.68. The first kappa shape index (κ1) is 18.4. The predicted molar refractivity (Wildman–Crippen MR) is 84.2 cm³/mol. The van der Waals surface area contributed by atoms with E-state index in [1.807, 2.05) is 6.92 Å². The Balaban J connectivity index is 3.24. The lowest BCUT2D eigenvalue weighted by molar-refractivity contribution is -0.136. The quantitative estimate of drug-likeness (QED) is 0.803. The number of sulfone groups is 1. The Morgan fingerprint density at radius 3 is 2.23 bits per heavy atom. The number of allylic oxidation sites excluding steroid dienone is 1. The number of rotatable bonds is 7. The van der Waals surface area contributed by atoms with E-state index in [-0.39, 0.29) is 28.6 Å². The summed E-state index contributed by atoms with van der Waals surface area (Å²) in [6, 6.07) is 6.35. The Bertz CT molecular complexity index is 642. The van der Waals surface area contributed by atoms with Gasteiger partial charge in [-0.2, -0.15) is 0 Å². The minimum absolute atomic E-state index is 0.0551. The maximum absolute atomic E-state index is 12.7. The SMILES string of the molecule is Cc1ccc(S(=O)(=O)/C(=C/CCC(=O)O)C(O)C(C)C)cc1. The van der Waals surface area contributed by atoms with Crippen molar-refractivity contribution in [1.29, 1.82) is 0 Å². The number of carboxylic acid groups (broad SMARTS) is 1. The number of hydrogen-bond acceptors (Lipinski definition) is 4. The van der Waals surface area contributed by atoms with Crippen LogP contribution in [0.1, 0.15) is 32.3 Å². The topological polar surface area (TPSA) is 91.7 Å². The number of carbonyl (C=O) groups is 1. The number of aryl methyl sites for hydroxylation is 1. The van der Waals surface area contributed by atoms with Crippen molar-refractivity contribution in [3.8, 4) is 0 Å². The number of aliphatic hydroxyl groups excluding tert-OH is 1. The number of benzene rings is 1. The molecule has 0 aliphatic heterocycles. The van der Waals surface area contributed by atoms with Crippen LogP contribution in [0.5, 0.6) is 0 Å². The van der Waals surface area contributed by atoms with Crippen molar-refractivity contribution < 1.29 is 23.4 Å². The highest BCUT2D eigenvalue weighted by Gasteiger charge is 2.28. The molecule has 0 heterocycles. The number of aliphatic hydroxyl groups is 1. The van der Waals surface area contributed by atoms with E-state index in [0.717, 1.165) is 5.56 Å². The van der Waals surface area contributed by atoms with Gasteiger partial charge in [0.1, 0.15) is 0 Å². The highest BCUT2D eigenvalue weighted by molar-refractivity contribution is 7.95. The van der Waals surface area contributed by atoms with Crippen molar-refractivity contribution in [2.75, 3.05) is 0 Å². The van der Waals surface area contributed by atoms with E-state index in [1.165, 1.54) is 18.2 Å². The van der Waals surface area contributed by atoms with Crippen molar-refractivity contribution in [3.63, 3.8) is 0 Å². The van der Waals surface area contributed by atoms with Gasteiger partial charge in [-0.25, -0.2) is 8.42 Å². The van der Waals surface area contributed by atoms with Gasteiger partial charge in [0.05, 0.1) is 15.9 Å². The smallest absolute Gasteiger partial charge is 0.303 e. The van der Waals surface area contributed by atoms with Crippen LogP contribution in [0, 0.1) is 12.8 Å². The summed E-state index contributed by atoms with van der Waals surface area (Å²) in [6.07, 6.45) is 0.0192. The average molecular weight is 326 g/mol. The highest BCUT2D eigenvalue weighted by atomic mass is 32.2. The van der Waals surface area contributed by atoms with Gasteiger partial charge in [-0.3, -0.25) is 4.79 Å². The van der Waals surface area contributed by atoms with Gasteiger partial charge in [0.2, 0.25) is 9.84 Å². The van der Waals surface area contributed by atoms with Crippen molar-refractivity contribution >= 4 is 15.8 Å². The van der Waals surface area contributed by atoms with E-state index in [1.54, 1.807) is 26.0 Å². The normalized spacial score (nSPS) is 14.1. The second-order valence-electron chi connectivity index (χ2n) is 5.54. The van der Waals surface area contributed by atoms with Gasteiger partial charge in [0.15, 0.2) is 0 Å². The fourth-order valence-electron chi connectivity index (χ4n) is 1.91. The van der Waals surface area contributed by atoms with Gasteiger partial charge in [0.25, 0.3) is 0 Å². The Morgan fingerprint density at radius 1 is 1.23 bits per heavy atom. The molecule has 1 aromatic carbocycles. The molecule has 1 aromatic rings. The second-order valence-corrected chi connectivity index (χ2v) is 7.49. The molecule has 5 nitrogen and oxygen atoms in total. The maximum Gasteiger partial charge on any atom is 0.303 e. The lowest BCUT2D eigenvalue weighted by Crippen LogP contribution is -2.24. The molecule has 0 saturated carbocycles. The lowest BCUT2D eigenvalue weighted by Gasteiger charge is -2.19. The van der Waals surface area contributed by atoms with E-state index in [4.69, 9.17) is 5.11 Å². The lowest BCUT2D eigenvalue weighted by atomic mass is 10.1. The Morgan fingerprint density at radius 2 is 1.77 bits per heavy atom. The molecule has 0 aliphatic carbocycles. The van der Waals surface area contributed by atoms with Crippen molar-refractivity contribution in [3.05, 3.63) is 40.8 Å². The van der Waals surface area contributed by atoms with Crippen LogP contribution in [0.25, 0.3) is 0 Å². The molecule has 2 N–H and O–H groups in total. The van der Waals surface area contributed by atoms with Crippen LogP contribution in [0.4, 0.5) is 0 Å². The van der Waals surface area contributed by atoms with Crippen molar-refractivity contribution in [1.82, 2.24) is 0 Å². The predicted octanol–water partition coefficient (Wildman–Crippen LogP) is 2.53. The van der Waals surface area contributed by atoms with Crippen LogP contribution < -0.4 is 0 Å². The number of hydrogen-bond donors (Lipinski definition) is 2. The Labute approximate surface area is 131 Å². The Hall–Kier alpha value is -1.66. The third-order valence-corrected chi connectivity index (χ3v) is 5.19. The average Bonchev–Trinajstić information content (AvgIpc) is 2.42. The molecule has 122 valence electrons. The summed E-state index contributed by atoms with van der Waals surface area (Å²) in [6.45, 7) is 5.27. The first-order chi connectivity index (χ1) is 10.2. The molecule has 22 heavy (non-hydrogen) atoms. The molecule has 0 saturated heterocycles. The molecule has 6 heteroatoms. The molecule has 0 fully saturated rings. The van der Waals surface area contributed by atoms with E-state index >= 15 is 0 Å². The van der Waals surface area contributed by atoms with Gasteiger partial charge in [0, 0.05) is 6.42 Å². The van der Waals surface area contributed by atoms with Crippen LogP contribution in [0.15, 0.2) is 40.1 Å². The van der Waals surface area contributed by atoms with Crippen LogP contribution in [-0.4, -0.2) is 30.7 Å². The van der Waals surface area contributed by atoms with Crippen molar-refractivity contribution in [2.45, 2.75) is 44.6 Å². The molecule has 1 rings (SSSR count). The monoisotopic (exact) mass is 326 g/mol. The molecule has 1 atom stereocenters. The fraction of sp³-hybridized carbons (Fsp3) is 0.438. The zero-order valence-corrected chi connectivity index (χ0v) is 13.8. The molecule has 0 spiro atoms. The summed E-state index contributed by atoms with van der Waals surface area (Å²) in [5, 5.41) is 18.9. The number of aliphatic carboxylic acids is 1. The van der Waals surface area contributed by atoms with Gasteiger partial charge in [-0.15, -0.1) is 0 Å². The highest BCUT2D eigenvalue weighted by Crippen LogP contribution is 2.26. The van der Waals surface area contributed by atoms with Crippen LogP contribution in [0.2, 0.25) is 0 Å². The number of carboxylic acids is 1.